The Morgan fingerprint density at radius 3 is 2.47 bits per heavy atom. The molecule has 2 aromatic rings. The van der Waals surface area contributed by atoms with Crippen molar-refractivity contribution in [2.24, 2.45) is 5.73 Å². The molecule has 0 amide bonds. The van der Waals surface area contributed by atoms with Crippen molar-refractivity contribution in [1.29, 1.82) is 0 Å². The lowest BCUT2D eigenvalue weighted by Gasteiger charge is -2.07. The Kier molecular flexibility index (Phi) is 4.35. The Labute approximate surface area is 120 Å². The normalized spacial score (nSPS) is 10.2. The Morgan fingerprint density at radius 1 is 1.21 bits per heavy atom. The van der Waals surface area contributed by atoms with E-state index < -0.39 is 5.82 Å². The summed E-state index contributed by atoms with van der Waals surface area (Å²) in [7, 11) is 0. The SMILES string of the molecule is NC(=S)c1ccc(COc2ccc(F)c(Cl)c2)cc1. The fourth-order valence-electron chi connectivity index (χ4n) is 1.50. The molecule has 2 N–H and O–H groups in total. The number of ether oxygens (including phenoxy) is 1. The van der Waals surface area contributed by atoms with Crippen LogP contribution < -0.4 is 10.5 Å². The van der Waals surface area contributed by atoms with E-state index >= 15 is 0 Å². The molecule has 0 spiro atoms. The molecule has 0 aromatic heterocycles. The van der Waals surface area contributed by atoms with Gasteiger partial charge in [0.05, 0.1) is 5.02 Å². The zero-order chi connectivity index (χ0) is 13.8. The predicted molar refractivity (Wildman–Crippen MR) is 78.1 cm³/mol. The zero-order valence-electron chi connectivity index (χ0n) is 9.90. The molecule has 19 heavy (non-hydrogen) atoms. The molecule has 0 saturated heterocycles. The second kappa shape index (κ2) is 5.99. The molecule has 0 aliphatic rings. The van der Waals surface area contributed by atoms with Crippen LogP contribution in [0.1, 0.15) is 11.1 Å². The van der Waals surface area contributed by atoms with Crippen LogP contribution in [0.4, 0.5) is 4.39 Å². The maximum absolute atomic E-state index is 13.0. The van der Waals surface area contributed by atoms with E-state index in [0.29, 0.717) is 17.3 Å². The van der Waals surface area contributed by atoms with Gasteiger partial charge in [-0.2, -0.15) is 0 Å². The smallest absolute Gasteiger partial charge is 0.142 e. The van der Waals surface area contributed by atoms with E-state index in [-0.39, 0.29) is 5.02 Å². The maximum Gasteiger partial charge on any atom is 0.142 e. The van der Waals surface area contributed by atoms with Gasteiger partial charge in [-0.25, -0.2) is 4.39 Å². The molecule has 0 atom stereocenters. The minimum absolute atomic E-state index is 0.0429. The zero-order valence-corrected chi connectivity index (χ0v) is 11.5. The van der Waals surface area contributed by atoms with Crippen LogP contribution in [0, 0.1) is 5.82 Å². The molecule has 2 nitrogen and oxygen atoms in total. The van der Waals surface area contributed by atoms with Crippen LogP contribution in [-0.2, 0) is 6.61 Å². The highest BCUT2D eigenvalue weighted by atomic mass is 35.5. The Bertz CT molecular complexity index is 601. The first-order chi connectivity index (χ1) is 9.06. The van der Waals surface area contributed by atoms with Crippen molar-refractivity contribution < 1.29 is 9.13 Å². The number of benzene rings is 2. The number of hydrogen-bond donors (Lipinski definition) is 1. The molecule has 0 radical (unpaired) electrons. The highest BCUT2D eigenvalue weighted by molar-refractivity contribution is 7.80. The third-order valence-electron chi connectivity index (χ3n) is 2.54. The molecule has 98 valence electrons. The lowest BCUT2D eigenvalue weighted by molar-refractivity contribution is 0.306. The Hall–Kier alpha value is -1.65. The Morgan fingerprint density at radius 2 is 1.89 bits per heavy atom. The second-order valence-corrected chi connectivity index (χ2v) is 4.77. The van der Waals surface area contributed by atoms with Gasteiger partial charge in [0, 0.05) is 11.6 Å². The first-order valence-corrected chi connectivity index (χ1v) is 6.31. The van der Waals surface area contributed by atoms with Crippen molar-refractivity contribution >= 4 is 28.8 Å². The fourth-order valence-corrected chi connectivity index (χ4v) is 1.81. The van der Waals surface area contributed by atoms with Gasteiger partial charge >= 0.3 is 0 Å². The van der Waals surface area contributed by atoms with Gasteiger partial charge in [-0.3, -0.25) is 0 Å². The van der Waals surface area contributed by atoms with Gasteiger partial charge in [-0.1, -0.05) is 48.1 Å². The number of thiocarbonyl (C=S) groups is 1. The van der Waals surface area contributed by atoms with Gasteiger partial charge < -0.3 is 10.5 Å². The molecule has 5 heteroatoms. The number of halogens is 2. The van der Waals surface area contributed by atoms with Crippen LogP contribution >= 0.6 is 23.8 Å². The number of nitrogens with two attached hydrogens (primary N) is 1. The average molecular weight is 296 g/mol. The van der Waals surface area contributed by atoms with E-state index in [1.807, 2.05) is 24.3 Å². The molecule has 0 unspecified atom stereocenters. The molecule has 2 aromatic carbocycles. The molecule has 0 heterocycles. The summed E-state index contributed by atoms with van der Waals surface area (Å²) >= 11 is 10.5. The van der Waals surface area contributed by atoms with Crippen molar-refractivity contribution in [2.75, 3.05) is 0 Å². The summed E-state index contributed by atoms with van der Waals surface area (Å²) in [6.07, 6.45) is 0. The van der Waals surface area contributed by atoms with Gasteiger partial charge in [0.25, 0.3) is 0 Å². The summed E-state index contributed by atoms with van der Waals surface area (Å²) in [5, 5.41) is 0.0429. The second-order valence-electron chi connectivity index (χ2n) is 3.93. The highest BCUT2D eigenvalue weighted by Gasteiger charge is 2.02. The van der Waals surface area contributed by atoms with Gasteiger partial charge in [-0.15, -0.1) is 0 Å². The van der Waals surface area contributed by atoms with Crippen LogP contribution in [0.25, 0.3) is 0 Å². The summed E-state index contributed by atoms with van der Waals surface area (Å²) in [6.45, 7) is 0.361. The van der Waals surface area contributed by atoms with E-state index in [1.165, 1.54) is 18.2 Å². The first kappa shape index (κ1) is 13.8. The van der Waals surface area contributed by atoms with Crippen LogP contribution in [0.2, 0.25) is 5.02 Å². The average Bonchev–Trinajstić information content (AvgIpc) is 2.40. The molecular formula is C14H11ClFNOS. The van der Waals surface area contributed by atoms with Gasteiger partial charge in [0.2, 0.25) is 0 Å². The minimum Gasteiger partial charge on any atom is -0.489 e. The molecule has 0 saturated carbocycles. The number of hydrogen-bond acceptors (Lipinski definition) is 2. The van der Waals surface area contributed by atoms with Crippen molar-refractivity contribution in [3.05, 3.63) is 64.4 Å². The minimum atomic E-state index is -0.463. The predicted octanol–water partition coefficient (Wildman–Crippen LogP) is 3.69. The lowest BCUT2D eigenvalue weighted by atomic mass is 10.1. The monoisotopic (exact) mass is 295 g/mol. The third kappa shape index (κ3) is 3.66. The van der Waals surface area contributed by atoms with Crippen LogP contribution in [0.5, 0.6) is 5.75 Å². The highest BCUT2D eigenvalue weighted by Crippen LogP contribution is 2.21. The topological polar surface area (TPSA) is 35.2 Å². The van der Waals surface area contributed by atoms with Crippen LogP contribution in [-0.4, -0.2) is 4.99 Å². The quantitative estimate of drug-likeness (QED) is 0.874. The summed E-state index contributed by atoms with van der Waals surface area (Å²) < 4.78 is 18.5. The van der Waals surface area contributed by atoms with Gasteiger partial charge in [-0.05, 0) is 17.7 Å². The van der Waals surface area contributed by atoms with Gasteiger partial charge in [0.1, 0.15) is 23.2 Å². The van der Waals surface area contributed by atoms with Crippen molar-refractivity contribution in [3.63, 3.8) is 0 Å². The largest absolute Gasteiger partial charge is 0.489 e. The van der Waals surface area contributed by atoms with E-state index in [9.17, 15) is 4.39 Å². The van der Waals surface area contributed by atoms with E-state index in [4.69, 9.17) is 34.3 Å². The lowest BCUT2D eigenvalue weighted by Crippen LogP contribution is -2.09. The standard InChI is InChI=1S/C14H11ClFNOS/c15-12-7-11(5-6-13(12)16)18-8-9-1-3-10(4-2-9)14(17)19/h1-7H,8H2,(H2,17,19). The van der Waals surface area contributed by atoms with E-state index in [0.717, 1.165) is 11.1 Å². The molecule has 0 aliphatic heterocycles. The van der Waals surface area contributed by atoms with E-state index in [2.05, 4.69) is 0 Å². The fraction of sp³-hybridized carbons (Fsp3) is 0.0714. The number of rotatable bonds is 4. The molecular weight excluding hydrogens is 285 g/mol. The van der Waals surface area contributed by atoms with Crippen molar-refractivity contribution in [1.82, 2.24) is 0 Å². The van der Waals surface area contributed by atoms with Crippen molar-refractivity contribution in [2.45, 2.75) is 6.61 Å². The first-order valence-electron chi connectivity index (χ1n) is 5.53. The third-order valence-corrected chi connectivity index (χ3v) is 3.06. The summed E-state index contributed by atoms with van der Waals surface area (Å²) in [4.78, 5) is 0.359. The van der Waals surface area contributed by atoms with Crippen LogP contribution in [0.15, 0.2) is 42.5 Å². The molecule has 0 aliphatic carbocycles. The summed E-state index contributed by atoms with van der Waals surface area (Å²) in [6, 6.07) is 11.7. The molecule has 0 fully saturated rings. The summed E-state index contributed by atoms with van der Waals surface area (Å²) in [5.41, 5.74) is 7.28. The maximum atomic E-state index is 13.0. The van der Waals surface area contributed by atoms with Gasteiger partial charge in [0.15, 0.2) is 0 Å². The summed E-state index contributed by atoms with van der Waals surface area (Å²) in [5.74, 6) is 0.0552. The Balaban J connectivity index is 2.01. The van der Waals surface area contributed by atoms with Crippen LogP contribution in [0.3, 0.4) is 0 Å². The van der Waals surface area contributed by atoms with Crippen molar-refractivity contribution in [3.8, 4) is 5.75 Å². The van der Waals surface area contributed by atoms with E-state index in [1.54, 1.807) is 0 Å². The molecule has 2 rings (SSSR count). The molecule has 0 bridgehead atoms.